The van der Waals surface area contributed by atoms with Crippen molar-refractivity contribution < 1.29 is 22.7 Å². The highest BCUT2D eigenvalue weighted by molar-refractivity contribution is 9.10. The minimum atomic E-state index is -4.85. The van der Waals surface area contributed by atoms with Crippen molar-refractivity contribution in [3.05, 3.63) is 22.2 Å². The minimum Gasteiger partial charge on any atom is -0.495 e. The van der Waals surface area contributed by atoms with E-state index in [0.29, 0.717) is 17.0 Å². The summed E-state index contributed by atoms with van der Waals surface area (Å²) in [6.45, 7) is 2.24. The molecule has 0 spiro atoms. The van der Waals surface area contributed by atoms with E-state index in [2.05, 4.69) is 21.2 Å². The number of hydrogen-bond donors (Lipinski definition) is 2. The van der Waals surface area contributed by atoms with Crippen LogP contribution in [0.1, 0.15) is 12.5 Å². The van der Waals surface area contributed by atoms with Crippen LogP contribution in [-0.2, 0) is 4.79 Å². The maximum atomic E-state index is 12.7. The molecule has 1 aromatic carbocycles. The summed E-state index contributed by atoms with van der Waals surface area (Å²) in [5.41, 5.74) is 2.78. The van der Waals surface area contributed by atoms with Gasteiger partial charge in [-0.3, -0.25) is 4.79 Å². The van der Waals surface area contributed by atoms with E-state index in [1.165, 1.54) is 13.2 Å². The average molecular weight is 355 g/mol. The van der Waals surface area contributed by atoms with E-state index in [1.807, 2.05) is 0 Å². The van der Waals surface area contributed by atoms with Gasteiger partial charge in [0.25, 0.3) is 5.91 Å². The highest BCUT2D eigenvalue weighted by Gasteiger charge is 2.54. The first kappa shape index (κ1) is 16.8. The summed E-state index contributed by atoms with van der Waals surface area (Å²) in [4.78, 5) is 11.8. The molecule has 0 aromatic heterocycles. The highest BCUT2D eigenvalue weighted by Crippen LogP contribution is 2.34. The Labute approximate surface area is 122 Å². The molecular weight excluding hydrogens is 341 g/mol. The van der Waals surface area contributed by atoms with Gasteiger partial charge in [-0.05, 0) is 31.5 Å². The number of ether oxygens (including phenoxy) is 1. The number of methoxy groups -OCH3 is 1. The van der Waals surface area contributed by atoms with E-state index in [4.69, 9.17) is 10.5 Å². The molecule has 0 aliphatic heterocycles. The summed E-state index contributed by atoms with van der Waals surface area (Å²) in [7, 11) is 1.35. The molecule has 0 aliphatic carbocycles. The van der Waals surface area contributed by atoms with Crippen LogP contribution in [0.2, 0.25) is 0 Å². The van der Waals surface area contributed by atoms with Crippen molar-refractivity contribution in [2.24, 2.45) is 5.73 Å². The third kappa shape index (κ3) is 3.24. The van der Waals surface area contributed by atoms with Crippen molar-refractivity contribution in [2.75, 3.05) is 12.4 Å². The predicted octanol–water partition coefficient (Wildman–Crippen LogP) is 2.98. The van der Waals surface area contributed by atoms with Crippen molar-refractivity contribution in [1.82, 2.24) is 0 Å². The zero-order chi connectivity index (χ0) is 15.7. The largest absolute Gasteiger partial charge is 0.495 e. The summed E-state index contributed by atoms with van der Waals surface area (Å²) in [6.07, 6.45) is -4.85. The summed E-state index contributed by atoms with van der Waals surface area (Å²) < 4.78 is 43.8. The van der Waals surface area contributed by atoms with Gasteiger partial charge in [0.15, 0.2) is 5.54 Å². The molecule has 0 radical (unpaired) electrons. The van der Waals surface area contributed by atoms with Gasteiger partial charge in [-0.25, -0.2) is 0 Å². The summed E-state index contributed by atoms with van der Waals surface area (Å²) in [5, 5.41) is 2.17. The molecule has 1 aromatic rings. The quantitative estimate of drug-likeness (QED) is 0.876. The first-order valence-corrected chi connectivity index (χ1v) is 6.31. The van der Waals surface area contributed by atoms with Crippen molar-refractivity contribution in [2.45, 2.75) is 25.6 Å². The summed E-state index contributed by atoms with van der Waals surface area (Å²) in [6, 6.07) is 3.17. The van der Waals surface area contributed by atoms with Gasteiger partial charge in [0.05, 0.1) is 12.8 Å². The van der Waals surface area contributed by atoms with Crippen molar-refractivity contribution in [3.8, 4) is 5.75 Å². The van der Waals surface area contributed by atoms with Crippen LogP contribution in [0.15, 0.2) is 16.6 Å². The van der Waals surface area contributed by atoms with Gasteiger partial charge in [0.1, 0.15) is 5.75 Å². The fourth-order valence-electron chi connectivity index (χ4n) is 1.41. The summed E-state index contributed by atoms with van der Waals surface area (Å²) >= 11 is 3.23. The molecule has 3 N–H and O–H groups in total. The number of anilines is 1. The predicted molar refractivity (Wildman–Crippen MR) is 72.7 cm³/mol. The monoisotopic (exact) mass is 354 g/mol. The van der Waals surface area contributed by atoms with E-state index >= 15 is 0 Å². The molecule has 1 rings (SSSR count). The third-order valence-corrected chi connectivity index (χ3v) is 3.24. The highest BCUT2D eigenvalue weighted by atomic mass is 79.9. The van der Waals surface area contributed by atoms with Crippen LogP contribution in [0.3, 0.4) is 0 Å². The van der Waals surface area contributed by atoms with Crippen LogP contribution in [0.5, 0.6) is 5.75 Å². The molecule has 1 atom stereocenters. The Bertz CT molecular complexity index is 530. The van der Waals surface area contributed by atoms with Crippen LogP contribution >= 0.6 is 15.9 Å². The number of aryl methyl sites for hydroxylation is 1. The third-order valence-electron chi connectivity index (χ3n) is 2.78. The second-order valence-corrected chi connectivity index (χ2v) is 5.37. The molecule has 0 heterocycles. The number of nitrogens with two attached hydrogens (primary N) is 1. The Morgan fingerprint density at radius 3 is 2.40 bits per heavy atom. The normalized spacial score (nSPS) is 14.6. The zero-order valence-corrected chi connectivity index (χ0v) is 12.6. The zero-order valence-electron chi connectivity index (χ0n) is 11.1. The van der Waals surface area contributed by atoms with E-state index < -0.39 is 17.6 Å². The van der Waals surface area contributed by atoms with Gasteiger partial charge >= 0.3 is 6.18 Å². The molecule has 1 unspecified atom stereocenters. The second kappa shape index (κ2) is 5.61. The molecule has 1 amide bonds. The molecule has 20 heavy (non-hydrogen) atoms. The number of alkyl halides is 3. The number of amides is 1. The lowest BCUT2D eigenvalue weighted by molar-refractivity contribution is -0.184. The number of nitrogens with one attached hydrogen (secondary N) is 1. The lowest BCUT2D eigenvalue weighted by Crippen LogP contribution is -2.59. The molecule has 0 fully saturated rings. The molecule has 4 nitrogen and oxygen atoms in total. The Balaban J connectivity index is 3.15. The van der Waals surface area contributed by atoms with Gasteiger partial charge in [-0.15, -0.1) is 0 Å². The van der Waals surface area contributed by atoms with E-state index in [-0.39, 0.29) is 11.4 Å². The van der Waals surface area contributed by atoms with Gasteiger partial charge in [0, 0.05) is 4.47 Å². The molecular formula is C12H14BrF3N2O2. The van der Waals surface area contributed by atoms with Crippen LogP contribution in [0.25, 0.3) is 0 Å². The molecule has 112 valence electrons. The van der Waals surface area contributed by atoms with Crippen LogP contribution in [0, 0.1) is 6.92 Å². The first-order valence-electron chi connectivity index (χ1n) is 5.52. The van der Waals surface area contributed by atoms with E-state index in [1.54, 1.807) is 13.0 Å². The Morgan fingerprint density at radius 1 is 1.40 bits per heavy atom. The smallest absolute Gasteiger partial charge is 0.415 e. The average Bonchev–Trinajstić information content (AvgIpc) is 2.30. The number of rotatable bonds is 3. The van der Waals surface area contributed by atoms with Gasteiger partial charge in [-0.2, -0.15) is 13.2 Å². The van der Waals surface area contributed by atoms with Crippen molar-refractivity contribution in [1.29, 1.82) is 0 Å². The number of carbonyl (C=O) groups is 1. The lowest BCUT2D eigenvalue weighted by atomic mass is 10.0. The molecule has 0 saturated carbocycles. The van der Waals surface area contributed by atoms with Crippen LogP contribution in [-0.4, -0.2) is 24.7 Å². The minimum absolute atomic E-state index is 0.154. The molecule has 0 saturated heterocycles. The Hall–Kier alpha value is -1.28. The van der Waals surface area contributed by atoms with E-state index in [9.17, 15) is 18.0 Å². The first-order chi connectivity index (χ1) is 9.00. The van der Waals surface area contributed by atoms with Gasteiger partial charge < -0.3 is 15.8 Å². The van der Waals surface area contributed by atoms with Crippen LogP contribution in [0.4, 0.5) is 18.9 Å². The maximum Gasteiger partial charge on any atom is 0.415 e. The number of benzene rings is 1. The molecule has 8 heteroatoms. The van der Waals surface area contributed by atoms with Crippen molar-refractivity contribution >= 4 is 27.5 Å². The number of carbonyl (C=O) groups excluding carboxylic acids is 1. The SMILES string of the molecule is COc1cc(Br)cc(C)c1NC(=O)C(C)(N)C(F)(F)F. The van der Waals surface area contributed by atoms with Gasteiger partial charge in [0.2, 0.25) is 0 Å². The van der Waals surface area contributed by atoms with E-state index in [0.717, 1.165) is 0 Å². The molecule has 0 aliphatic rings. The van der Waals surface area contributed by atoms with Crippen LogP contribution < -0.4 is 15.8 Å². The van der Waals surface area contributed by atoms with Crippen molar-refractivity contribution in [3.63, 3.8) is 0 Å². The second-order valence-electron chi connectivity index (χ2n) is 4.45. The number of hydrogen-bond acceptors (Lipinski definition) is 3. The maximum absolute atomic E-state index is 12.7. The topological polar surface area (TPSA) is 64.3 Å². The fraction of sp³-hybridized carbons (Fsp3) is 0.417. The number of halogens is 4. The fourth-order valence-corrected chi connectivity index (χ4v) is 1.96. The Kier molecular flexibility index (Phi) is 4.70. The molecule has 0 bridgehead atoms. The van der Waals surface area contributed by atoms with Gasteiger partial charge in [-0.1, -0.05) is 15.9 Å². The Morgan fingerprint density at radius 2 is 1.95 bits per heavy atom. The standard InChI is InChI=1S/C12H14BrF3N2O2/c1-6-4-7(13)5-8(20-3)9(6)18-10(19)11(2,17)12(14,15)16/h4-5H,17H2,1-3H3,(H,18,19). The summed E-state index contributed by atoms with van der Waals surface area (Å²) in [5.74, 6) is -1.11. The lowest BCUT2D eigenvalue weighted by Gasteiger charge is -2.27.